The van der Waals surface area contributed by atoms with Crippen LogP contribution in [0.3, 0.4) is 0 Å². The van der Waals surface area contributed by atoms with Gasteiger partial charge in [0.2, 0.25) is 0 Å². The first-order valence-corrected chi connectivity index (χ1v) is 4.38. The molecule has 0 aromatic carbocycles. The lowest BCUT2D eigenvalue weighted by Crippen LogP contribution is -2.06. The van der Waals surface area contributed by atoms with E-state index in [1.54, 1.807) is 0 Å². The van der Waals surface area contributed by atoms with Crippen molar-refractivity contribution in [3.8, 4) is 11.8 Å². The highest BCUT2D eigenvalue weighted by molar-refractivity contribution is 5.35. The van der Waals surface area contributed by atoms with Crippen LogP contribution in [0.5, 0.6) is 0 Å². The minimum Gasteiger partial charge on any atom is -0.102 e. The molecular formula is C11H16. The zero-order chi connectivity index (χ0) is 8.27. The summed E-state index contributed by atoms with van der Waals surface area (Å²) in [6, 6.07) is 0. The lowest BCUT2D eigenvalue weighted by molar-refractivity contribution is 0.550. The molecule has 0 spiro atoms. The lowest BCUT2D eigenvalue weighted by Gasteiger charge is -2.20. The van der Waals surface area contributed by atoms with Gasteiger partial charge in [0.25, 0.3) is 0 Å². The third kappa shape index (κ3) is 1.87. The maximum absolute atomic E-state index is 3.21. The Morgan fingerprint density at radius 1 is 1.45 bits per heavy atom. The van der Waals surface area contributed by atoms with Crippen LogP contribution in [0, 0.1) is 17.8 Å². The van der Waals surface area contributed by atoms with Crippen molar-refractivity contribution in [1.82, 2.24) is 0 Å². The third-order valence-corrected chi connectivity index (χ3v) is 2.40. The van der Waals surface area contributed by atoms with Gasteiger partial charge in [-0.15, -0.1) is 5.92 Å². The zero-order valence-electron chi connectivity index (χ0n) is 7.70. The predicted octanol–water partition coefficient (Wildman–Crippen LogP) is 3.15. The fourth-order valence-electron chi connectivity index (χ4n) is 1.74. The number of allylic oxidation sites excluding steroid dienone is 2. The van der Waals surface area contributed by atoms with Crippen LogP contribution in [0.2, 0.25) is 0 Å². The van der Waals surface area contributed by atoms with Crippen LogP contribution in [0.25, 0.3) is 0 Å². The van der Waals surface area contributed by atoms with E-state index < -0.39 is 0 Å². The summed E-state index contributed by atoms with van der Waals surface area (Å²) in [5.41, 5.74) is 2.91. The van der Waals surface area contributed by atoms with E-state index in [9.17, 15) is 0 Å². The van der Waals surface area contributed by atoms with Crippen LogP contribution in [-0.4, -0.2) is 0 Å². The molecule has 60 valence electrons. The van der Waals surface area contributed by atoms with Crippen molar-refractivity contribution in [2.75, 3.05) is 0 Å². The summed E-state index contributed by atoms with van der Waals surface area (Å²) in [4.78, 5) is 0. The monoisotopic (exact) mass is 148 g/mol. The van der Waals surface area contributed by atoms with Crippen LogP contribution in [0.4, 0.5) is 0 Å². The van der Waals surface area contributed by atoms with Crippen molar-refractivity contribution in [2.45, 2.75) is 40.0 Å². The molecule has 1 aliphatic rings. The second-order valence-corrected chi connectivity index (χ2v) is 3.36. The first kappa shape index (κ1) is 8.40. The van der Waals surface area contributed by atoms with E-state index in [4.69, 9.17) is 0 Å². The average molecular weight is 148 g/mol. The minimum absolute atomic E-state index is 0.705. The second kappa shape index (κ2) is 3.62. The Balaban J connectivity index is 2.88. The van der Waals surface area contributed by atoms with E-state index in [0.717, 1.165) is 0 Å². The zero-order valence-corrected chi connectivity index (χ0v) is 7.70. The standard InChI is InChI=1S/C11H16/c1-4-6-11-9(2)7-5-8-10(11)3/h9H,5,7-8H2,1-3H3. The van der Waals surface area contributed by atoms with Crippen LogP contribution >= 0.6 is 0 Å². The summed E-state index contributed by atoms with van der Waals surface area (Å²) in [5.74, 6) is 6.91. The van der Waals surface area contributed by atoms with Crippen LogP contribution in [0.15, 0.2) is 11.1 Å². The van der Waals surface area contributed by atoms with Gasteiger partial charge in [0.05, 0.1) is 0 Å². The summed E-state index contributed by atoms with van der Waals surface area (Å²) in [6.45, 7) is 6.42. The van der Waals surface area contributed by atoms with Crippen molar-refractivity contribution in [1.29, 1.82) is 0 Å². The highest BCUT2D eigenvalue weighted by Gasteiger charge is 2.14. The Bertz CT molecular complexity index is 222. The van der Waals surface area contributed by atoms with E-state index in [1.165, 1.54) is 30.4 Å². The van der Waals surface area contributed by atoms with Gasteiger partial charge in [-0.2, -0.15) is 0 Å². The average Bonchev–Trinajstić information content (AvgIpc) is 1.97. The molecule has 0 bridgehead atoms. The maximum Gasteiger partial charge on any atom is 0.00376 e. The molecule has 0 fully saturated rings. The van der Waals surface area contributed by atoms with Crippen LogP contribution in [0.1, 0.15) is 40.0 Å². The van der Waals surface area contributed by atoms with E-state index in [2.05, 4.69) is 25.7 Å². The fourth-order valence-corrected chi connectivity index (χ4v) is 1.74. The minimum atomic E-state index is 0.705. The quantitative estimate of drug-likeness (QED) is 0.463. The van der Waals surface area contributed by atoms with E-state index in [0.29, 0.717) is 5.92 Å². The molecule has 1 atom stereocenters. The third-order valence-electron chi connectivity index (χ3n) is 2.40. The molecule has 1 aliphatic carbocycles. The Morgan fingerprint density at radius 2 is 2.18 bits per heavy atom. The topological polar surface area (TPSA) is 0 Å². The predicted molar refractivity (Wildman–Crippen MR) is 49.2 cm³/mol. The van der Waals surface area contributed by atoms with Gasteiger partial charge in [0.15, 0.2) is 0 Å². The normalized spacial score (nSPS) is 24.5. The van der Waals surface area contributed by atoms with Crippen LogP contribution < -0.4 is 0 Å². The molecule has 0 aliphatic heterocycles. The molecular weight excluding hydrogens is 132 g/mol. The van der Waals surface area contributed by atoms with Crippen molar-refractivity contribution < 1.29 is 0 Å². The summed E-state index contributed by atoms with van der Waals surface area (Å²) in [7, 11) is 0. The smallest absolute Gasteiger partial charge is 0.00376 e. The summed E-state index contributed by atoms with van der Waals surface area (Å²) in [5, 5.41) is 0. The molecule has 0 amide bonds. The Hall–Kier alpha value is -0.700. The largest absolute Gasteiger partial charge is 0.102 e. The maximum atomic E-state index is 3.21. The van der Waals surface area contributed by atoms with Gasteiger partial charge < -0.3 is 0 Å². The number of hydrogen-bond acceptors (Lipinski definition) is 0. The molecule has 0 aromatic rings. The molecule has 0 heterocycles. The van der Waals surface area contributed by atoms with Crippen molar-refractivity contribution >= 4 is 0 Å². The van der Waals surface area contributed by atoms with Gasteiger partial charge in [0, 0.05) is 5.57 Å². The van der Waals surface area contributed by atoms with E-state index in [-0.39, 0.29) is 0 Å². The fraction of sp³-hybridized carbons (Fsp3) is 0.636. The van der Waals surface area contributed by atoms with Crippen molar-refractivity contribution in [3.63, 3.8) is 0 Å². The molecule has 1 unspecified atom stereocenters. The highest BCUT2D eigenvalue weighted by atomic mass is 14.2. The second-order valence-electron chi connectivity index (χ2n) is 3.36. The first-order chi connectivity index (χ1) is 5.25. The van der Waals surface area contributed by atoms with Crippen molar-refractivity contribution in [2.24, 2.45) is 5.92 Å². The molecule has 0 saturated heterocycles. The van der Waals surface area contributed by atoms with Gasteiger partial charge in [-0.1, -0.05) is 18.4 Å². The van der Waals surface area contributed by atoms with Gasteiger partial charge in [0.1, 0.15) is 0 Å². The summed E-state index contributed by atoms with van der Waals surface area (Å²) >= 11 is 0. The molecule has 1 rings (SSSR count). The summed E-state index contributed by atoms with van der Waals surface area (Å²) in [6.07, 6.45) is 3.93. The first-order valence-electron chi connectivity index (χ1n) is 4.38. The number of hydrogen-bond donors (Lipinski definition) is 0. The Morgan fingerprint density at radius 3 is 2.73 bits per heavy atom. The van der Waals surface area contributed by atoms with Gasteiger partial charge in [-0.3, -0.25) is 0 Å². The van der Waals surface area contributed by atoms with E-state index in [1.807, 2.05) is 6.92 Å². The SMILES string of the molecule is CC#CC1=C(C)CCCC1C. The lowest BCUT2D eigenvalue weighted by atomic mass is 9.85. The van der Waals surface area contributed by atoms with Crippen molar-refractivity contribution in [3.05, 3.63) is 11.1 Å². The van der Waals surface area contributed by atoms with Gasteiger partial charge in [-0.05, 0) is 39.0 Å². The molecule has 0 nitrogen and oxygen atoms in total. The molecule has 0 N–H and O–H groups in total. The highest BCUT2D eigenvalue weighted by Crippen LogP contribution is 2.28. The molecule has 11 heavy (non-hydrogen) atoms. The van der Waals surface area contributed by atoms with Crippen LogP contribution in [-0.2, 0) is 0 Å². The van der Waals surface area contributed by atoms with Gasteiger partial charge in [-0.25, -0.2) is 0 Å². The molecule has 0 saturated carbocycles. The Labute approximate surface area is 69.7 Å². The molecule has 0 radical (unpaired) electrons. The molecule has 0 heteroatoms. The number of rotatable bonds is 0. The Kier molecular flexibility index (Phi) is 2.76. The van der Waals surface area contributed by atoms with E-state index >= 15 is 0 Å². The molecule has 0 aromatic heterocycles. The van der Waals surface area contributed by atoms with Gasteiger partial charge >= 0.3 is 0 Å². The summed E-state index contributed by atoms with van der Waals surface area (Å²) < 4.78 is 0.